The van der Waals surface area contributed by atoms with Crippen molar-refractivity contribution in [1.82, 2.24) is 10.0 Å². The molecule has 0 radical (unpaired) electrons. The van der Waals surface area contributed by atoms with Gasteiger partial charge in [0.1, 0.15) is 6.04 Å². The minimum Gasteiger partial charge on any atom is -0.274 e. The maximum atomic E-state index is 14.2. The molecule has 5 atom stereocenters. The normalized spacial score (nSPS) is 29.8. The first-order valence-electron chi connectivity index (χ1n) is 13.4. The molecule has 188 valence electrons. The largest absolute Gasteiger partial charge is 0.274 e. The summed E-state index contributed by atoms with van der Waals surface area (Å²) in [5.41, 5.74) is 5.27. The fourth-order valence-corrected chi connectivity index (χ4v) is 7.66. The fraction of sp³-hybridized carbons (Fsp3) is 0.500. The molecule has 0 N–H and O–H groups in total. The number of rotatable bonds is 2. The molecular weight excluding hydrogens is 450 g/mol. The Morgan fingerprint density at radius 3 is 2.19 bits per heavy atom. The van der Waals surface area contributed by atoms with E-state index in [0.717, 1.165) is 48.1 Å². The molecule has 6 heteroatoms. The van der Waals surface area contributed by atoms with Gasteiger partial charge in [-0.1, -0.05) is 54.7 Å². The molecule has 1 saturated carbocycles. The molecule has 36 heavy (non-hydrogen) atoms. The van der Waals surface area contributed by atoms with Gasteiger partial charge in [0.15, 0.2) is 0 Å². The van der Waals surface area contributed by atoms with Crippen LogP contribution >= 0.6 is 0 Å². The lowest BCUT2D eigenvalue weighted by Crippen LogP contribution is -2.57. The van der Waals surface area contributed by atoms with Gasteiger partial charge in [0, 0.05) is 18.2 Å². The number of amides is 3. The van der Waals surface area contributed by atoms with Crippen molar-refractivity contribution in [2.45, 2.75) is 71.9 Å². The van der Waals surface area contributed by atoms with Crippen molar-refractivity contribution in [3.05, 3.63) is 64.2 Å². The first-order chi connectivity index (χ1) is 17.3. The Balaban J connectivity index is 1.46. The lowest BCUT2D eigenvalue weighted by molar-refractivity contribution is -0.129. The smallest absolute Gasteiger partial charge is 0.268 e. The van der Waals surface area contributed by atoms with E-state index < -0.39 is 12.0 Å². The number of carbonyl (C=O) groups is 3. The second kappa shape index (κ2) is 8.55. The highest BCUT2D eigenvalue weighted by molar-refractivity contribution is 6.25. The van der Waals surface area contributed by atoms with Crippen LogP contribution in [0, 0.1) is 45.4 Å². The van der Waals surface area contributed by atoms with Crippen LogP contribution in [0.25, 0.3) is 0 Å². The van der Waals surface area contributed by atoms with E-state index in [1.165, 1.54) is 17.7 Å². The number of carbonyl (C=O) groups excluding carboxylic acids is 3. The molecule has 4 fully saturated rings. The number of hydrogen-bond acceptors (Lipinski definition) is 4. The number of anilines is 1. The minimum atomic E-state index is -0.780. The second-order valence-electron chi connectivity index (χ2n) is 11.4. The van der Waals surface area contributed by atoms with Gasteiger partial charge in [0.25, 0.3) is 11.8 Å². The molecule has 3 heterocycles. The van der Waals surface area contributed by atoms with E-state index in [2.05, 4.69) is 5.01 Å². The van der Waals surface area contributed by atoms with Crippen LogP contribution in [0.1, 0.15) is 64.7 Å². The third-order valence-corrected chi connectivity index (χ3v) is 9.07. The summed E-state index contributed by atoms with van der Waals surface area (Å²) in [6, 6.07) is 10.7. The van der Waals surface area contributed by atoms with Crippen molar-refractivity contribution in [2.75, 3.05) is 11.4 Å². The number of hydrazine groups is 1. The summed E-state index contributed by atoms with van der Waals surface area (Å²) in [6.45, 7) is 8.66. The summed E-state index contributed by atoms with van der Waals surface area (Å²) in [6.07, 6.45) is 5.64. The van der Waals surface area contributed by atoms with Crippen molar-refractivity contribution in [1.29, 1.82) is 0 Å². The Kier molecular flexibility index (Phi) is 5.56. The third kappa shape index (κ3) is 3.37. The molecule has 0 spiro atoms. The van der Waals surface area contributed by atoms with Crippen LogP contribution in [0.3, 0.4) is 0 Å². The number of benzene rings is 2. The second-order valence-corrected chi connectivity index (χ2v) is 11.4. The molecule has 3 amide bonds. The van der Waals surface area contributed by atoms with Crippen LogP contribution in [0.4, 0.5) is 5.69 Å². The van der Waals surface area contributed by atoms with E-state index in [1.54, 1.807) is 5.01 Å². The summed E-state index contributed by atoms with van der Waals surface area (Å²) in [5, 5.41) is 3.80. The molecule has 6 nitrogen and oxygen atoms in total. The number of aryl methyl sites for hydroxylation is 4. The zero-order valence-corrected chi connectivity index (χ0v) is 21.7. The van der Waals surface area contributed by atoms with Crippen molar-refractivity contribution >= 4 is 23.4 Å². The van der Waals surface area contributed by atoms with Crippen molar-refractivity contribution in [3.8, 4) is 0 Å². The first kappa shape index (κ1) is 23.4. The van der Waals surface area contributed by atoms with E-state index in [9.17, 15) is 14.4 Å². The number of fused-ring (bicyclic) bond motifs is 5. The van der Waals surface area contributed by atoms with E-state index in [0.29, 0.717) is 23.1 Å². The Bertz CT molecular complexity index is 1230. The summed E-state index contributed by atoms with van der Waals surface area (Å²) in [7, 11) is 0. The van der Waals surface area contributed by atoms with Gasteiger partial charge in [-0.05, 0) is 75.6 Å². The maximum absolute atomic E-state index is 14.2. The highest BCUT2D eigenvalue weighted by Crippen LogP contribution is 2.51. The minimum absolute atomic E-state index is 0.101. The molecule has 0 bridgehead atoms. The molecule has 2 aromatic rings. The van der Waals surface area contributed by atoms with Gasteiger partial charge in [-0.2, -0.15) is 0 Å². The summed E-state index contributed by atoms with van der Waals surface area (Å²) in [5.74, 6) is -0.189. The Labute approximate surface area is 213 Å². The number of piperidine rings is 1. The van der Waals surface area contributed by atoms with Gasteiger partial charge in [0.2, 0.25) is 5.91 Å². The monoisotopic (exact) mass is 485 g/mol. The SMILES string of the molecule is Cc1ccc(C(=O)N2[C@H]3C(=O)N(c4c(C)cc(C)cc4C)C(=O)[C@H]3[C@H]3C4CCCCC4CCN32)cc1. The third-order valence-electron chi connectivity index (χ3n) is 9.07. The number of imide groups is 1. The van der Waals surface area contributed by atoms with Gasteiger partial charge in [-0.25, -0.2) is 9.91 Å². The molecule has 4 aliphatic rings. The fourth-order valence-electron chi connectivity index (χ4n) is 7.66. The summed E-state index contributed by atoms with van der Waals surface area (Å²) < 4.78 is 0. The summed E-state index contributed by atoms with van der Waals surface area (Å²) >= 11 is 0. The molecule has 3 aliphatic heterocycles. The van der Waals surface area contributed by atoms with E-state index in [1.807, 2.05) is 64.1 Å². The van der Waals surface area contributed by atoms with Crippen LogP contribution in [0.15, 0.2) is 36.4 Å². The maximum Gasteiger partial charge on any atom is 0.268 e. The molecule has 0 aromatic heterocycles. The van der Waals surface area contributed by atoms with Crippen molar-refractivity contribution in [2.24, 2.45) is 17.8 Å². The van der Waals surface area contributed by atoms with Gasteiger partial charge < -0.3 is 0 Å². The highest BCUT2D eigenvalue weighted by Gasteiger charge is 2.66. The van der Waals surface area contributed by atoms with Crippen LogP contribution in [-0.4, -0.2) is 46.4 Å². The van der Waals surface area contributed by atoms with Gasteiger partial charge >= 0.3 is 0 Å². The Morgan fingerprint density at radius 1 is 0.833 bits per heavy atom. The molecular formula is C30H35N3O3. The molecule has 2 unspecified atom stereocenters. The summed E-state index contributed by atoms with van der Waals surface area (Å²) in [4.78, 5) is 43.8. The molecule has 2 aromatic carbocycles. The zero-order valence-electron chi connectivity index (χ0n) is 21.7. The number of hydrogen-bond donors (Lipinski definition) is 0. The molecule has 1 aliphatic carbocycles. The topological polar surface area (TPSA) is 60.9 Å². The highest BCUT2D eigenvalue weighted by atomic mass is 16.2. The lowest BCUT2D eigenvalue weighted by atomic mass is 9.68. The lowest BCUT2D eigenvalue weighted by Gasteiger charge is -2.47. The average molecular weight is 486 g/mol. The van der Waals surface area contributed by atoms with E-state index in [-0.39, 0.29) is 23.8 Å². The zero-order chi connectivity index (χ0) is 25.3. The van der Waals surface area contributed by atoms with Crippen LogP contribution in [0.2, 0.25) is 0 Å². The Morgan fingerprint density at radius 2 is 1.50 bits per heavy atom. The van der Waals surface area contributed by atoms with Crippen LogP contribution < -0.4 is 4.90 Å². The van der Waals surface area contributed by atoms with Crippen LogP contribution in [-0.2, 0) is 9.59 Å². The van der Waals surface area contributed by atoms with E-state index >= 15 is 0 Å². The van der Waals surface area contributed by atoms with Crippen LogP contribution in [0.5, 0.6) is 0 Å². The van der Waals surface area contributed by atoms with Crippen molar-refractivity contribution < 1.29 is 14.4 Å². The van der Waals surface area contributed by atoms with Crippen molar-refractivity contribution in [3.63, 3.8) is 0 Å². The first-order valence-corrected chi connectivity index (χ1v) is 13.4. The Hall–Kier alpha value is -2.99. The van der Waals surface area contributed by atoms with Gasteiger partial charge in [-0.3, -0.25) is 19.4 Å². The van der Waals surface area contributed by atoms with Gasteiger partial charge in [-0.15, -0.1) is 0 Å². The molecule has 3 saturated heterocycles. The molecule has 6 rings (SSSR count). The predicted molar refractivity (Wildman–Crippen MR) is 138 cm³/mol. The number of nitrogens with zero attached hydrogens (tertiary/aromatic N) is 3. The average Bonchev–Trinajstić information content (AvgIpc) is 3.32. The standard InChI is InChI=1S/C30H35N3O3/c1-17-9-11-22(12-10-17)28(34)33-27-24(26-23-8-6-5-7-21(23)13-14-31(26)33)29(35)32(30(27)36)25-19(3)15-18(2)16-20(25)4/h9-12,15-16,21,23-24,26-27H,5-8,13-14H2,1-4H3/t21?,23?,24-,26+,27+/m0/s1. The quantitative estimate of drug-likeness (QED) is 0.577. The van der Waals surface area contributed by atoms with Gasteiger partial charge in [0.05, 0.1) is 11.6 Å². The predicted octanol–water partition coefficient (Wildman–Crippen LogP) is 4.73. The van der Waals surface area contributed by atoms with E-state index in [4.69, 9.17) is 0 Å².